The fraction of sp³-hybridized carbons (Fsp3) is 0. The Labute approximate surface area is 251 Å². The second-order valence-electron chi connectivity index (χ2n) is 11.3. The second-order valence-corrected chi connectivity index (χ2v) is 12.4. The molecule has 7 aromatic carbocycles. The Bertz CT molecular complexity index is 2720. The first-order valence-corrected chi connectivity index (χ1v) is 15.5. The van der Waals surface area contributed by atoms with Gasteiger partial charge in [-0.15, -0.1) is 11.3 Å². The number of rotatable bonds is 2. The van der Waals surface area contributed by atoms with Crippen molar-refractivity contribution in [3.63, 3.8) is 0 Å². The van der Waals surface area contributed by atoms with Crippen molar-refractivity contribution in [1.29, 1.82) is 0 Å². The van der Waals surface area contributed by atoms with Crippen molar-refractivity contribution in [2.75, 3.05) is 0 Å². The van der Waals surface area contributed by atoms with Gasteiger partial charge in [0.25, 0.3) is 0 Å². The maximum atomic E-state index is 2.52. The van der Waals surface area contributed by atoms with Gasteiger partial charge in [-0.25, -0.2) is 0 Å². The highest BCUT2D eigenvalue weighted by atomic mass is 32.1. The summed E-state index contributed by atoms with van der Waals surface area (Å²) < 4.78 is 7.63. The maximum Gasteiger partial charge on any atom is 0.0647 e. The molecule has 43 heavy (non-hydrogen) atoms. The fourth-order valence-electron chi connectivity index (χ4n) is 7.36. The Kier molecular flexibility index (Phi) is 4.63. The van der Waals surface area contributed by atoms with Crippen LogP contribution >= 0.6 is 11.3 Å². The van der Waals surface area contributed by atoms with Crippen molar-refractivity contribution in [3.05, 3.63) is 146 Å². The molecule has 0 spiro atoms. The molecule has 0 bridgehead atoms. The highest BCUT2D eigenvalue weighted by molar-refractivity contribution is 7.25. The topological polar surface area (TPSA) is 9.86 Å². The molecule has 0 aliphatic carbocycles. The van der Waals surface area contributed by atoms with Gasteiger partial charge in [0.1, 0.15) is 0 Å². The number of fused-ring (bicyclic) bond motifs is 13. The first kappa shape index (κ1) is 23.2. The van der Waals surface area contributed by atoms with Gasteiger partial charge in [0.05, 0.1) is 22.1 Å². The third-order valence-electron chi connectivity index (χ3n) is 9.07. The number of aromatic nitrogens is 2. The summed E-state index contributed by atoms with van der Waals surface area (Å²) >= 11 is 1.87. The van der Waals surface area contributed by atoms with E-state index >= 15 is 0 Å². The Morgan fingerprint density at radius 2 is 0.907 bits per heavy atom. The molecule has 0 radical (unpaired) electrons. The molecule has 3 aromatic heterocycles. The first-order chi connectivity index (χ1) is 21.4. The Hall–Kier alpha value is -5.38. The van der Waals surface area contributed by atoms with Crippen LogP contribution in [-0.2, 0) is 0 Å². The largest absolute Gasteiger partial charge is 0.309 e. The van der Waals surface area contributed by atoms with E-state index in [2.05, 4.69) is 155 Å². The zero-order valence-electron chi connectivity index (χ0n) is 23.2. The molecule has 0 atom stereocenters. The molecular weight excluding hydrogens is 541 g/mol. The number of hydrogen-bond donors (Lipinski definition) is 0. The van der Waals surface area contributed by atoms with Crippen molar-refractivity contribution in [3.8, 4) is 11.4 Å². The average Bonchev–Trinajstić information content (AvgIpc) is 3.73. The molecule has 3 heterocycles. The number of nitrogens with zero attached hydrogens (tertiary/aromatic N) is 2. The van der Waals surface area contributed by atoms with Crippen LogP contribution in [0.4, 0.5) is 0 Å². The number of hydrogen-bond acceptors (Lipinski definition) is 1. The quantitative estimate of drug-likeness (QED) is 0.198. The minimum Gasteiger partial charge on any atom is -0.309 e. The summed E-state index contributed by atoms with van der Waals surface area (Å²) in [5.41, 5.74) is 7.33. The molecule has 200 valence electrons. The molecular formula is C40H24N2S. The number of thiophene rings is 1. The second kappa shape index (κ2) is 8.57. The van der Waals surface area contributed by atoms with E-state index in [1.54, 1.807) is 0 Å². The lowest BCUT2D eigenvalue weighted by molar-refractivity contribution is 1.18. The molecule has 10 aromatic rings. The normalized spacial score (nSPS) is 12.2. The van der Waals surface area contributed by atoms with Crippen molar-refractivity contribution in [2.24, 2.45) is 0 Å². The Morgan fingerprint density at radius 1 is 0.349 bits per heavy atom. The molecule has 0 aliphatic heterocycles. The smallest absolute Gasteiger partial charge is 0.0647 e. The van der Waals surface area contributed by atoms with E-state index in [-0.39, 0.29) is 0 Å². The summed E-state index contributed by atoms with van der Waals surface area (Å²) in [5.74, 6) is 0. The van der Waals surface area contributed by atoms with Gasteiger partial charge in [-0.05, 0) is 53.9 Å². The van der Waals surface area contributed by atoms with E-state index in [9.17, 15) is 0 Å². The predicted molar refractivity (Wildman–Crippen MR) is 186 cm³/mol. The molecule has 10 rings (SSSR count). The molecule has 0 fully saturated rings. The van der Waals surface area contributed by atoms with Crippen LogP contribution in [0, 0.1) is 0 Å². The summed E-state index contributed by atoms with van der Waals surface area (Å²) in [6, 6.07) is 53.3. The summed E-state index contributed by atoms with van der Waals surface area (Å²) in [6.07, 6.45) is 0. The van der Waals surface area contributed by atoms with Crippen LogP contribution in [0.25, 0.3) is 85.9 Å². The Morgan fingerprint density at radius 3 is 1.67 bits per heavy atom. The van der Waals surface area contributed by atoms with Gasteiger partial charge in [-0.2, -0.15) is 0 Å². The van der Waals surface area contributed by atoms with Crippen LogP contribution in [0.2, 0.25) is 0 Å². The van der Waals surface area contributed by atoms with Crippen LogP contribution < -0.4 is 0 Å². The van der Waals surface area contributed by atoms with E-state index in [1.807, 2.05) is 11.3 Å². The van der Waals surface area contributed by atoms with Crippen molar-refractivity contribution in [2.45, 2.75) is 0 Å². The number of benzene rings is 7. The highest BCUT2D eigenvalue weighted by Crippen LogP contribution is 2.47. The average molecular weight is 565 g/mol. The molecule has 0 saturated carbocycles. The highest BCUT2D eigenvalue weighted by Gasteiger charge is 2.24. The lowest BCUT2D eigenvalue weighted by atomic mass is 9.99. The first-order valence-electron chi connectivity index (χ1n) is 14.7. The third kappa shape index (κ3) is 3.07. The van der Waals surface area contributed by atoms with Crippen molar-refractivity contribution >= 4 is 85.9 Å². The van der Waals surface area contributed by atoms with Gasteiger partial charge in [0.15, 0.2) is 0 Å². The van der Waals surface area contributed by atoms with E-state index in [1.165, 1.54) is 85.9 Å². The molecule has 0 N–H and O–H groups in total. The van der Waals surface area contributed by atoms with Crippen LogP contribution in [-0.4, -0.2) is 9.13 Å². The van der Waals surface area contributed by atoms with Gasteiger partial charge in [0.2, 0.25) is 0 Å². The van der Waals surface area contributed by atoms with Crippen LogP contribution in [0.3, 0.4) is 0 Å². The van der Waals surface area contributed by atoms with Crippen molar-refractivity contribution in [1.82, 2.24) is 9.13 Å². The van der Waals surface area contributed by atoms with Crippen LogP contribution in [0.15, 0.2) is 146 Å². The van der Waals surface area contributed by atoms with Gasteiger partial charge in [-0.3, -0.25) is 0 Å². The molecule has 0 saturated heterocycles. The summed E-state index contributed by atoms with van der Waals surface area (Å²) in [5, 5.41) is 10.3. The minimum absolute atomic E-state index is 1.17. The SMILES string of the molecule is c1ccc(-n2c3ccccc3c3c2c2ccccc2c2c4ccccc4n(-c4ccc5sc6ccccc6c5c4)c23)cc1. The summed E-state index contributed by atoms with van der Waals surface area (Å²) in [6.45, 7) is 0. The standard InChI is InChI=1S/C40H24N2S/c1-2-12-25(13-3-1)41-34-20-10-7-18-31(34)38-39(41)29-16-5-4-15-28(29)37-30-17-6-9-19-33(30)42(40(37)38)26-22-23-36-32(24-26)27-14-8-11-21-35(27)43-36/h1-24H. The van der Waals surface area contributed by atoms with Crippen molar-refractivity contribution < 1.29 is 0 Å². The Balaban J connectivity index is 1.49. The van der Waals surface area contributed by atoms with Gasteiger partial charge in [0, 0.05) is 58.5 Å². The molecule has 3 heteroatoms. The summed E-state index contributed by atoms with van der Waals surface area (Å²) in [4.78, 5) is 0. The lowest BCUT2D eigenvalue weighted by Crippen LogP contribution is -1.96. The zero-order chi connectivity index (χ0) is 28.1. The molecule has 2 nitrogen and oxygen atoms in total. The van der Waals surface area contributed by atoms with Crippen LogP contribution in [0.1, 0.15) is 0 Å². The molecule has 0 amide bonds. The minimum atomic E-state index is 1.17. The maximum absolute atomic E-state index is 2.52. The van der Waals surface area contributed by atoms with Gasteiger partial charge < -0.3 is 9.13 Å². The summed E-state index contributed by atoms with van der Waals surface area (Å²) in [7, 11) is 0. The molecule has 0 unspecified atom stereocenters. The fourth-order valence-corrected chi connectivity index (χ4v) is 8.44. The van der Waals surface area contributed by atoms with Gasteiger partial charge in [-0.1, -0.05) is 97.1 Å². The predicted octanol–water partition coefficient (Wildman–Crippen LogP) is 11.4. The lowest BCUT2D eigenvalue weighted by Gasteiger charge is -2.13. The van der Waals surface area contributed by atoms with E-state index in [0.29, 0.717) is 0 Å². The third-order valence-corrected chi connectivity index (χ3v) is 10.2. The monoisotopic (exact) mass is 564 g/mol. The van der Waals surface area contributed by atoms with Gasteiger partial charge >= 0.3 is 0 Å². The van der Waals surface area contributed by atoms with E-state index in [0.717, 1.165) is 0 Å². The van der Waals surface area contributed by atoms with E-state index < -0.39 is 0 Å². The zero-order valence-corrected chi connectivity index (χ0v) is 24.0. The van der Waals surface area contributed by atoms with Crippen LogP contribution in [0.5, 0.6) is 0 Å². The van der Waals surface area contributed by atoms with E-state index in [4.69, 9.17) is 0 Å². The number of para-hydroxylation sites is 3. The molecule has 0 aliphatic rings.